The zero-order chi connectivity index (χ0) is 12.7. The van der Waals surface area contributed by atoms with Gasteiger partial charge >= 0.3 is 12.0 Å². The van der Waals surface area contributed by atoms with Crippen LogP contribution in [0.2, 0.25) is 5.02 Å². The molecule has 2 amide bonds. The third kappa shape index (κ3) is 4.69. The van der Waals surface area contributed by atoms with E-state index >= 15 is 0 Å². The first-order chi connectivity index (χ1) is 8.13. The van der Waals surface area contributed by atoms with Crippen LogP contribution >= 0.6 is 11.6 Å². The molecule has 0 aliphatic heterocycles. The van der Waals surface area contributed by atoms with Gasteiger partial charge in [-0.1, -0.05) is 11.6 Å². The van der Waals surface area contributed by atoms with Gasteiger partial charge in [0.25, 0.3) is 0 Å². The van der Waals surface area contributed by atoms with E-state index in [0.717, 1.165) is 0 Å². The van der Waals surface area contributed by atoms with Crippen molar-refractivity contribution >= 4 is 29.4 Å². The van der Waals surface area contributed by atoms with E-state index in [9.17, 15) is 9.59 Å². The second-order valence-electron chi connectivity index (χ2n) is 2.95. The Balaban J connectivity index is 2.40. The van der Waals surface area contributed by atoms with E-state index in [1.54, 1.807) is 19.1 Å². The summed E-state index contributed by atoms with van der Waals surface area (Å²) < 4.78 is 4.64. The smallest absolute Gasteiger partial charge is 0.325 e. The third-order valence-electron chi connectivity index (χ3n) is 1.69. The molecule has 0 spiro atoms. The Labute approximate surface area is 103 Å². The van der Waals surface area contributed by atoms with Crippen LogP contribution < -0.4 is 10.6 Å². The Morgan fingerprint density at radius 2 is 2.29 bits per heavy atom. The van der Waals surface area contributed by atoms with Crippen LogP contribution in [-0.2, 0) is 9.53 Å². The maximum atomic E-state index is 11.3. The van der Waals surface area contributed by atoms with Crippen molar-refractivity contribution in [3.05, 3.63) is 23.4 Å². The number of amides is 2. The summed E-state index contributed by atoms with van der Waals surface area (Å²) in [6.45, 7) is 1.75. The van der Waals surface area contributed by atoms with E-state index in [4.69, 9.17) is 11.6 Å². The molecule has 17 heavy (non-hydrogen) atoms. The lowest BCUT2D eigenvalue weighted by molar-refractivity contribution is -0.141. The van der Waals surface area contributed by atoms with Crippen LogP contribution in [0.4, 0.5) is 10.6 Å². The maximum absolute atomic E-state index is 11.3. The van der Waals surface area contributed by atoms with E-state index in [0.29, 0.717) is 5.02 Å². The fourth-order valence-electron chi connectivity index (χ4n) is 0.994. The minimum absolute atomic E-state index is 0.204. The quantitative estimate of drug-likeness (QED) is 0.800. The fourth-order valence-corrected chi connectivity index (χ4v) is 1.16. The molecule has 0 fully saturated rings. The molecule has 0 atom stereocenters. The molecule has 0 bridgehead atoms. The average molecular weight is 258 g/mol. The number of hydrogen-bond acceptors (Lipinski definition) is 4. The number of anilines is 1. The van der Waals surface area contributed by atoms with E-state index in [1.165, 1.54) is 6.20 Å². The third-order valence-corrected chi connectivity index (χ3v) is 1.99. The van der Waals surface area contributed by atoms with Crippen molar-refractivity contribution < 1.29 is 14.3 Å². The number of ether oxygens (including phenoxy) is 1. The molecule has 0 aliphatic carbocycles. The summed E-state index contributed by atoms with van der Waals surface area (Å²) in [4.78, 5) is 26.2. The molecule has 7 heteroatoms. The molecular weight excluding hydrogens is 246 g/mol. The van der Waals surface area contributed by atoms with Gasteiger partial charge < -0.3 is 10.1 Å². The summed E-state index contributed by atoms with van der Waals surface area (Å²) >= 11 is 5.78. The van der Waals surface area contributed by atoms with E-state index < -0.39 is 12.0 Å². The largest absolute Gasteiger partial charge is 0.465 e. The van der Waals surface area contributed by atoms with Gasteiger partial charge in [0.15, 0.2) is 5.82 Å². The number of carbonyl (C=O) groups is 2. The first-order valence-corrected chi connectivity index (χ1v) is 5.32. The summed E-state index contributed by atoms with van der Waals surface area (Å²) in [6.07, 6.45) is 1.49. The van der Waals surface area contributed by atoms with Crippen LogP contribution in [0, 0.1) is 0 Å². The van der Waals surface area contributed by atoms with Gasteiger partial charge in [-0.25, -0.2) is 9.78 Å². The summed E-state index contributed by atoms with van der Waals surface area (Å²) in [5, 5.41) is 5.04. The molecule has 1 rings (SSSR count). The standard InChI is InChI=1S/C10H12ClN3O3/c1-2-17-8(15)6-13-10(16)14-9-7(11)4-3-5-12-9/h3-5H,2,6H2,1H3,(H2,12,13,14,16). The van der Waals surface area contributed by atoms with E-state index in [1.807, 2.05) is 0 Å². The molecule has 6 nitrogen and oxygen atoms in total. The van der Waals surface area contributed by atoms with Crippen molar-refractivity contribution in [1.29, 1.82) is 0 Å². The van der Waals surface area contributed by atoms with Crippen molar-refractivity contribution in [3.63, 3.8) is 0 Å². The van der Waals surface area contributed by atoms with E-state index in [2.05, 4.69) is 20.4 Å². The van der Waals surface area contributed by atoms with Crippen molar-refractivity contribution in [3.8, 4) is 0 Å². The van der Waals surface area contributed by atoms with Crippen LogP contribution in [0.25, 0.3) is 0 Å². The second kappa shape index (κ2) is 6.70. The lowest BCUT2D eigenvalue weighted by Gasteiger charge is -2.07. The van der Waals surface area contributed by atoms with E-state index in [-0.39, 0.29) is 19.0 Å². The highest BCUT2D eigenvalue weighted by Gasteiger charge is 2.08. The minimum Gasteiger partial charge on any atom is -0.465 e. The van der Waals surface area contributed by atoms with Crippen molar-refractivity contribution in [2.24, 2.45) is 0 Å². The molecule has 0 saturated carbocycles. The van der Waals surface area contributed by atoms with Gasteiger partial charge in [0.1, 0.15) is 6.54 Å². The van der Waals surface area contributed by atoms with Crippen molar-refractivity contribution in [2.75, 3.05) is 18.5 Å². The molecule has 0 saturated heterocycles. The molecule has 2 N–H and O–H groups in total. The summed E-state index contributed by atoms with van der Waals surface area (Å²) in [6, 6.07) is 2.66. The molecule has 1 heterocycles. The Morgan fingerprint density at radius 1 is 1.53 bits per heavy atom. The van der Waals surface area contributed by atoms with Gasteiger partial charge in [-0.15, -0.1) is 0 Å². The molecule has 0 aromatic carbocycles. The number of halogens is 1. The number of pyridine rings is 1. The first kappa shape index (κ1) is 13.2. The number of esters is 1. The average Bonchev–Trinajstić information content (AvgIpc) is 2.30. The highest BCUT2D eigenvalue weighted by atomic mass is 35.5. The molecule has 0 radical (unpaired) electrons. The number of hydrogen-bond donors (Lipinski definition) is 2. The van der Waals surface area contributed by atoms with Crippen molar-refractivity contribution in [2.45, 2.75) is 6.92 Å². The second-order valence-corrected chi connectivity index (χ2v) is 3.35. The lowest BCUT2D eigenvalue weighted by Crippen LogP contribution is -2.34. The normalized spacial score (nSPS) is 9.53. The van der Waals surface area contributed by atoms with Gasteiger partial charge in [0, 0.05) is 6.20 Å². The van der Waals surface area contributed by atoms with Crippen LogP contribution in [0.3, 0.4) is 0 Å². The topological polar surface area (TPSA) is 80.3 Å². The summed E-state index contributed by atoms with van der Waals surface area (Å²) in [5.74, 6) is -0.273. The molecule has 1 aromatic rings. The summed E-state index contributed by atoms with van der Waals surface area (Å²) in [7, 11) is 0. The fraction of sp³-hybridized carbons (Fsp3) is 0.300. The number of carbonyl (C=O) groups excluding carboxylic acids is 2. The van der Waals surface area contributed by atoms with Crippen LogP contribution in [0.5, 0.6) is 0 Å². The predicted molar refractivity (Wildman–Crippen MR) is 62.9 cm³/mol. The number of urea groups is 1. The Bertz CT molecular complexity index is 412. The van der Waals surface area contributed by atoms with Crippen LogP contribution in [-0.4, -0.2) is 30.1 Å². The molecule has 1 aromatic heterocycles. The monoisotopic (exact) mass is 257 g/mol. The summed E-state index contributed by atoms with van der Waals surface area (Å²) in [5.41, 5.74) is 0. The predicted octanol–water partition coefficient (Wildman–Crippen LogP) is 1.42. The highest BCUT2D eigenvalue weighted by molar-refractivity contribution is 6.33. The van der Waals surface area contributed by atoms with Gasteiger partial charge in [-0.3, -0.25) is 10.1 Å². The van der Waals surface area contributed by atoms with Gasteiger partial charge in [-0.05, 0) is 19.1 Å². The highest BCUT2D eigenvalue weighted by Crippen LogP contribution is 2.16. The molecule has 0 aliphatic rings. The minimum atomic E-state index is -0.571. The number of rotatable bonds is 4. The number of nitrogens with one attached hydrogen (secondary N) is 2. The van der Waals surface area contributed by atoms with Gasteiger partial charge in [0.2, 0.25) is 0 Å². The lowest BCUT2D eigenvalue weighted by atomic mass is 10.4. The first-order valence-electron chi connectivity index (χ1n) is 4.94. The van der Waals surface area contributed by atoms with Gasteiger partial charge in [0.05, 0.1) is 11.6 Å². The zero-order valence-electron chi connectivity index (χ0n) is 9.20. The van der Waals surface area contributed by atoms with Gasteiger partial charge in [-0.2, -0.15) is 0 Å². The molecule has 0 unspecified atom stereocenters. The molecular formula is C10H12ClN3O3. The van der Waals surface area contributed by atoms with Crippen LogP contribution in [0.15, 0.2) is 18.3 Å². The Morgan fingerprint density at radius 3 is 2.94 bits per heavy atom. The van der Waals surface area contributed by atoms with Crippen molar-refractivity contribution in [1.82, 2.24) is 10.3 Å². The zero-order valence-corrected chi connectivity index (χ0v) is 9.95. The Kier molecular flexibility index (Phi) is 5.22. The Hall–Kier alpha value is -1.82. The number of nitrogens with zero attached hydrogens (tertiary/aromatic N) is 1. The SMILES string of the molecule is CCOC(=O)CNC(=O)Nc1ncccc1Cl. The molecule has 92 valence electrons. The maximum Gasteiger partial charge on any atom is 0.325 e. The van der Waals surface area contributed by atoms with Crippen LogP contribution in [0.1, 0.15) is 6.92 Å². The number of aromatic nitrogens is 1.